The van der Waals surface area contributed by atoms with E-state index in [2.05, 4.69) is 26.8 Å². The summed E-state index contributed by atoms with van der Waals surface area (Å²) in [6.45, 7) is 7.89. The Labute approximate surface area is 127 Å². The summed E-state index contributed by atoms with van der Waals surface area (Å²) in [5.74, 6) is 0.217. The highest BCUT2D eigenvalue weighted by Crippen LogP contribution is 2.28. The van der Waals surface area contributed by atoms with Crippen LogP contribution in [0.15, 0.2) is 24.3 Å². The minimum atomic E-state index is 0. The Kier molecular flexibility index (Phi) is 5.60. The van der Waals surface area contributed by atoms with Gasteiger partial charge >= 0.3 is 0 Å². The predicted octanol–water partition coefficient (Wildman–Crippen LogP) is 2.55. The predicted molar refractivity (Wildman–Crippen MR) is 85.1 cm³/mol. The van der Waals surface area contributed by atoms with Gasteiger partial charge in [0.15, 0.2) is 0 Å². The van der Waals surface area contributed by atoms with Crippen LogP contribution in [0.1, 0.15) is 31.4 Å². The number of halogens is 1. The molecule has 1 fully saturated rings. The van der Waals surface area contributed by atoms with E-state index in [9.17, 15) is 4.79 Å². The zero-order chi connectivity index (χ0) is 14.0. The standard InChI is InChI=1S/C16H24N2O.ClH/c1-12-6-4-5-7-13(12)10-15(19)18-9-8-14(17)16(2,3)11-18;/h4-7,14H,8-11,17H2,1-3H3;1H. The van der Waals surface area contributed by atoms with E-state index < -0.39 is 0 Å². The fraction of sp³-hybridized carbons (Fsp3) is 0.562. The molecule has 1 aliphatic rings. The summed E-state index contributed by atoms with van der Waals surface area (Å²) in [6.07, 6.45) is 1.39. The minimum Gasteiger partial charge on any atom is -0.342 e. The third-order valence-electron chi connectivity index (χ3n) is 4.27. The van der Waals surface area contributed by atoms with Crippen molar-refractivity contribution >= 4 is 18.3 Å². The van der Waals surface area contributed by atoms with Crippen molar-refractivity contribution in [3.8, 4) is 0 Å². The van der Waals surface area contributed by atoms with Crippen LogP contribution < -0.4 is 5.73 Å². The first-order valence-electron chi connectivity index (χ1n) is 6.98. The van der Waals surface area contributed by atoms with E-state index in [4.69, 9.17) is 5.73 Å². The number of piperidine rings is 1. The van der Waals surface area contributed by atoms with Gasteiger partial charge in [-0.3, -0.25) is 4.79 Å². The third-order valence-corrected chi connectivity index (χ3v) is 4.27. The number of aryl methyl sites for hydroxylation is 1. The number of benzene rings is 1. The van der Waals surface area contributed by atoms with Gasteiger partial charge in [0.25, 0.3) is 0 Å². The summed E-state index contributed by atoms with van der Waals surface area (Å²) in [4.78, 5) is 14.4. The maximum atomic E-state index is 12.4. The van der Waals surface area contributed by atoms with Crippen LogP contribution in [0.4, 0.5) is 0 Å². The molecule has 0 aliphatic carbocycles. The average molecular weight is 297 g/mol. The van der Waals surface area contributed by atoms with Gasteiger partial charge in [-0.25, -0.2) is 0 Å². The highest BCUT2D eigenvalue weighted by Gasteiger charge is 2.35. The number of nitrogens with zero attached hydrogens (tertiary/aromatic N) is 1. The molecule has 3 nitrogen and oxygen atoms in total. The second kappa shape index (κ2) is 6.59. The molecule has 1 aliphatic heterocycles. The Bertz CT molecular complexity index is 473. The molecule has 2 N–H and O–H groups in total. The zero-order valence-corrected chi connectivity index (χ0v) is 13.4. The van der Waals surface area contributed by atoms with E-state index in [1.807, 2.05) is 23.1 Å². The fourth-order valence-corrected chi connectivity index (χ4v) is 2.67. The number of nitrogens with two attached hydrogens (primary N) is 1. The number of amides is 1. The molecule has 1 aromatic rings. The van der Waals surface area contributed by atoms with E-state index in [-0.39, 0.29) is 29.8 Å². The topological polar surface area (TPSA) is 46.3 Å². The summed E-state index contributed by atoms with van der Waals surface area (Å²) in [6, 6.07) is 8.28. The van der Waals surface area contributed by atoms with E-state index in [0.717, 1.165) is 25.1 Å². The van der Waals surface area contributed by atoms with Crippen LogP contribution in [0.3, 0.4) is 0 Å². The lowest BCUT2D eigenvalue weighted by Crippen LogP contribution is -2.54. The first-order chi connectivity index (χ1) is 8.90. The fourth-order valence-electron chi connectivity index (χ4n) is 2.67. The lowest BCUT2D eigenvalue weighted by atomic mass is 9.79. The van der Waals surface area contributed by atoms with Gasteiger partial charge in [-0.2, -0.15) is 0 Å². The third kappa shape index (κ3) is 3.74. The van der Waals surface area contributed by atoms with Gasteiger partial charge in [-0.15, -0.1) is 12.4 Å². The molecule has 4 heteroatoms. The number of likely N-dealkylation sites (tertiary alicyclic amines) is 1. The van der Waals surface area contributed by atoms with Crippen LogP contribution >= 0.6 is 12.4 Å². The van der Waals surface area contributed by atoms with Crippen LogP contribution in [0.5, 0.6) is 0 Å². The van der Waals surface area contributed by atoms with Crippen LogP contribution in [0.2, 0.25) is 0 Å². The van der Waals surface area contributed by atoms with Crippen molar-refractivity contribution in [2.24, 2.45) is 11.1 Å². The molecule has 0 radical (unpaired) electrons. The van der Waals surface area contributed by atoms with Crippen molar-refractivity contribution in [3.05, 3.63) is 35.4 Å². The van der Waals surface area contributed by atoms with Gasteiger partial charge in [-0.05, 0) is 29.9 Å². The Balaban J connectivity index is 0.00000200. The molecule has 1 saturated heterocycles. The molecule has 2 rings (SSSR count). The van der Waals surface area contributed by atoms with E-state index >= 15 is 0 Å². The Morgan fingerprint density at radius 1 is 1.40 bits per heavy atom. The van der Waals surface area contributed by atoms with Crippen molar-refractivity contribution in [1.29, 1.82) is 0 Å². The van der Waals surface area contributed by atoms with Crippen molar-refractivity contribution in [2.75, 3.05) is 13.1 Å². The molecule has 1 aromatic carbocycles. The second-order valence-electron chi connectivity index (χ2n) is 6.30. The van der Waals surface area contributed by atoms with Gasteiger partial charge in [0.1, 0.15) is 0 Å². The molecular weight excluding hydrogens is 272 g/mol. The van der Waals surface area contributed by atoms with Crippen molar-refractivity contribution in [2.45, 2.75) is 39.7 Å². The summed E-state index contributed by atoms with van der Waals surface area (Å²) < 4.78 is 0. The maximum Gasteiger partial charge on any atom is 0.227 e. The SMILES string of the molecule is Cc1ccccc1CC(=O)N1CCC(N)C(C)(C)C1.Cl. The van der Waals surface area contributed by atoms with Gasteiger partial charge in [-0.1, -0.05) is 38.1 Å². The molecule has 0 bridgehead atoms. The quantitative estimate of drug-likeness (QED) is 0.911. The van der Waals surface area contributed by atoms with Gasteiger partial charge in [0, 0.05) is 19.1 Å². The van der Waals surface area contributed by atoms with Gasteiger partial charge in [0.2, 0.25) is 5.91 Å². The zero-order valence-electron chi connectivity index (χ0n) is 12.6. The molecule has 0 spiro atoms. The second-order valence-corrected chi connectivity index (χ2v) is 6.30. The summed E-state index contributed by atoms with van der Waals surface area (Å²) in [5.41, 5.74) is 8.44. The molecule has 1 heterocycles. The molecule has 1 unspecified atom stereocenters. The molecule has 1 amide bonds. The summed E-state index contributed by atoms with van der Waals surface area (Å²) in [7, 11) is 0. The molecular formula is C16H25ClN2O. The molecule has 20 heavy (non-hydrogen) atoms. The molecule has 112 valence electrons. The number of rotatable bonds is 2. The normalized spacial score (nSPS) is 21.2. The van der Waals surface area contributed by atoms with Crippen molar-refractivity contribution in [3.63, 3.8) is 0 Å². The van der Waals surface area contributed by atoms with E-state index in [0.29, 0.717) is 6.42 Å². The minimum absolute atomic E-state index is 0. The smallest absolute Gasteiger partial charge is 0.227 e. The maximum absolute atomic E-state index is 12.4. The largest absolute Gasteiger partial charge is 0.342 e. The summed E-state index contributed by atoms with van der Waals surface area (Å²) in [5, 5.41) is 0. The molecule has 1 atom stereocenters. The van der Waals surface area contributed by atoms with Crippen LogP contribution in [-0.4, -0.2) is 29.9 Å². The first-order valence-corrected chi connectivity index (χ1v) is 6.98. The number of hydrogen-bond acceptors (Lipinski definition) is 2. The number of hydrogen-bond donors (Lipinski definition) is 1. The highest BCUT2D eigenvalue weighted by atomic mass is 35.5. The monoisotopic (exact) mass is 296 g/mol. The van der Waals surface area contributed by atoms with E-state index in [1.165, 1.54) is 5.56 Å². The first kappa shape index (κ1) is 17.0. The van der Waals surface area contributed by atoms with Crippen LogP contribution in [0.25, 0.3) is 0 Å². The molecule has 0 saturated carbocycles. The van der Waals surface area contributed by atoms with E-state index in [1.54, 1.807) is 0 Å². The average Bonchev–Trinajstić information content (AvgIpc) is 2.35. The Morgan fingerprint density at radius 3 is 2.65 bits per heavy atom. The Hall–Kier alpha value is -1.06. The summed E-state index contributed by atoms with van der Waals surface area (Å²) >= 11 is 0. The molecule has 0 aromatic heterocycles. The number of carbonyl (C=O) groups is 1. The van der Waals surface area contributed by atoms with Crippen LogP contribution in [0, 0.1) is 12.3 Å². The highest BCUT2D eigenvalue weighted by molar-refractivity contribution is 5.85. The lowest BCUT2D eigenvalue weighted by Gasteiger charge is -2.42. The van der Waals surface area contributed by atoms with Crippen molar-refractivity contribution in [1.82, 2.24) is 4.90 Å². The van der Waals surface area contributed by atoms with Gasteiger partial charge in [0.05, 0.1) is 6.42 Å². The number of carbonyl (C=O) groups excluding carboxylic acids is 1. The van der Waals surface area contributed by atoms with Crippen molar-refractivity contribution < 1.29 is 4.79 Å². The van der Waals surface area contributed by atoms with Crippen LogP contribution in [-0.2, 0) is 11.2 Å². The Morgan fingerprint density at radius 2 is 2.05 bits per heavy atom. The van der Waals surface area contributed by atoms with Gasteiger partial charge < -0.3 is 10.6 Å². The lowest BCUT2D eigenvalue weighted by molar-refractivity contribution is -0.133.